The molecule has 0 N–H and O–H groups in total. The molecule has 2 aromatic rings. The molecule has 0 aliphatic heterocycles. The molecule has 0 atom stereocenters. The zero-order valence-corrected chi connectivity index (χ0v) is 12.0. The van der Waals surface area contributed by atoms with Gasteiger partial charge in [-0.3, -0.25) is 0 Å². The molecule has 21 heavy (non-hydrogen) atoms. The monoisotopic (exact) mass is 284 g/mol. The molecular weight excluding hydrogens is 268 g/mol. The first kappa shape index (κ1) is 14.7. The highest BCUT2D eigenvalue weighted by Crippen LogP contribution is 2.26. The van der Waals surface area contributed by atoms with Crippen LogP contribution in [0.25, 0.3) is 5.76 Å². The van der Waals surface area contributed by atoms with E-state index < -0.39 is 6.16 Å². The van der Waals surface area contributed by atoms with E-state index in [0.717, 1.165) is 5.56 Å². The smallest absolute Gasteiger partial charge is 0.497 e. The lowest BCUT2D eigenvalue weighted by molar-refractivity contribution is 0.151. The van der Waals surface area contributed by atoms with Crippen LogP contribution in [0, 0.1) is 6.92 Å². The first-order chi connectivity index (χ1) is 10.1. The number of carbonyl (C=O) groups excluding carboxylic acids is 1. The third-order valence-corrected chi connectivity index (χ3v) is 2.91. The molecule has 0 aliphatic rings. The summed E-state index contributed by atoms with van der Waals surface area (Å²) in [5.74, 6) is 1.21. The SMILES string of the molecule is C=C(OC)c1ccccc1OC(=O)Oc1ccccc1C. The van der Waals surface area contributed by atoms with Crippen LogP contribution in [-0.4, -0.2) is 13.3 Å². The van der Waals surface area contributed by atoms with Crippen molar-refractivity contribution in [3.8, 4) is 11.5 Å². The van der Waals surface area contributed by atoms with Gasteiger partial charge in [0.1, 0.15) is 17.3 Å². The van der Waals surface area contributed by atoms with Crippen molar-refractivity contribution in [3.63, 3.8) is 0 Å². The van der Waals surface area contributed by atoms with Crippen LogP contribution in [-0.2, 0) is 4.74 Å². The van der Waals surface area contributed by atoms with Gasteiger partial charge in [0.15, 0.2) is 0 Å². The van der Waals surface area contributed by atoms with Crippen molar-refractivity contribution in [2.45, 2.75) is 6.92 Å². The van der Waals surface area contributed by atoms with E-state index in [0.29, 0.717) is 22.8 Å². The van der Waals surface area contributed by atoms with E-state index >= 15 is 0 Å². The van der Waals surface area contributed by atoms with Gasteiger partial charge in [0, 0.05) is 0 Å². The Bertz CT molecular complexity index is 661. The molecule has 0 spiro atoms. The molecule has 0 amide bonds. The molecule has 0 saturated heterocycles. The molecule has 0 fully saturated rings. The van der Waals surface area contributed by atoms with Crippen molar-refractivity contribution >= 4 is 11.9 Å². The molecular formula is C17H16O4. The predicted molar refractivity (Wildman–Crippen MR) is 80.3 cm³/mol. The van der Waals surface area contributed by atoms with Gasteiger partial charge >= 0.3 is 6.16 Å². The van der Waals surface area contributed by atoms with Crippen molar-refractivity contribution in [3.05, 3.63) is 66.2 Å². The molecule has 0 unspecified atom stereocenters. The largest absolute Gasteiger partial charge is 0.519 e. The second-order valence-corrected chi connectivity index (χ2v) is 4.34. The Kier molecular flexibility index (Phi) is 4.61. The maximum Gasteiger partial charge on any atom is 0.519 e. The number of hydrogen-bond donors (Lipinski definition) is 0. The van der Waals surface area contributed by atoms with Crippen LogP contribution in [0.15, 0.2) is 55.1 Å². The van der Waals surface area contributed by atoms with Crippen molar-refractivity contribution < 1.29 is 19.0 Å². The topological polar surface area (TPSA) is 44.8 Å². The van der Waals surface area contributed by atoms with E-state index in [2.05, 4.69) is 6.58 Å². The maximum absolute atomic E-state index is 11.9. The van der Waals surface area contributed by atoms with Crippen molar-refractivity contribution in [2.24, 2.45) is 0 Å². The molecule has 4 heteroatoms. The highest BCUT2D eigenvalue weighted by atomic mass is 16.7. The van der Waals surface area contributed by atoms with Crippen LogP contribution in [0.5, 0.6) is 11.5 Å². The van der Waals surface area contributed by atoms with Crippen LogP contribution in [0.4, 0.5) is 4.79 Å². The minimum Gasteiger partial charge on any atom is -0.497 e. The van der Waals surface area contributed by atoms with Crippen molar-refractivity contribution in [2.75, 3.05) is 7.11 Å². The van der Waals surface area contributed by atoms with Crippen molar-refractivity contribution in [1.82, 2.24) is 0 Å². The number of methoxy groups -OCH3 is 1. The summed E-state index contributed by atoms with van der Waals surface area (Å²) < 4.78 is 15.5. The van der Waals surface area contributed by atoms with Crippen LogP contribution < -0.4 is 9.47 Å². The summed E-state index contributed by atoms with van der Waals surface area (Å²) in [4.78, 5) is 11.9. The summed E-state index contributed by atoms with van der Waals surface area (Å²) >= 11 is 0. The first-order valence-electron chi connectivity index (χ1n) is 6.39. The molecule has 2 aromatic carbocycles. The first-order valence-corrected chi connectivity index (χ1v) is 6.39. The Morgan fingerprint density at radius 3 is 2.19 bits per heavy atom. The number of para-hydroxylation sites is 2. The van der Waals surface area contributed by atoms with E-state index in [1.165, 1.54) is 7.11 Å². The number of rotatable bonds is 4. The lowest BCUT2D eigenvalue weighted by Gasteiger charge is -2.11. The lowest BCUT2D eigenvalue weighted by Crippen LogP contribution is -2.15. The molecule has 0 aliphatic carbocycles. The number of hydrogen-bond acceptors (Lipinski definition) is 4. The average Bonchev–Trinajstić information content (AvgIpc) is 2.49. The lowest BCUT2D eigenvalue weighted by atomic mass is 10.2. The second kappa shape index (κ2) is 6.61. The Labute approximate surface area is 123 Å². The minimum atomic E-state index is -0.805. The molecule has 0 aromatic heterocycles. The third-order valence-electron chi connectivity index (χ3n) is 2.91. The Hall–Kier alpha value is -2.75. The van der Waals surface area contributed by atoms with Gasteiger partial charge in [-0.1, -0.05) is 36.9 Å². The summed E-state index contributed by atoms with van der Waals surface area (Å²) in [6, 6.07) is 14.2. The quantitative estimate of drug-likeness (QED) is 0.480. The highest BCUT2D eigenvalue weighted by Gasteiger charge is 2.14. The fourth-order valence-corrected chi connectivity index (χ4v) is 1.77. The van der Waals surface area contributed by atoms with E-state index in [9.17, 15) is 4.79 Å². The van der Waals surface area contributed by atoms with Gasteiger partial charge < -0.3 is 14.2 Å². The third kappa shape index (κ3) is 3.63. The Balaban J connectivity index is 2.14. The van der Waals surface area contributed by atoms with Gasteiger partial charge in [0.25, 0.3) is 0 Å². The summed E-state index contributed by atoms with van der Waals surface area (Å²) in [5.41, 5.74) is 1.45. The Morgan fingerprint density at radius 1 is 0.952 bits per heavy atom. The number of carbonyl (C=O) groups is 1. The van der Waals surface area contributed by atoms with Gasteiger partial charge in [0.05, 0.1) is 12.7 Å². The fourth-order valence-electron chi connectivity index (χ4n) is 1.77. The van der Waals surface area contributed by atoms with Crippen LogP contribution in [0.3, 0.4) is 0 Å². The standard InChI is InChI=1S/C17H16O4/c1-12-8-4-6-10-15(12)20-17(18)21-16-11-7-5-9-14(16)13(2)19-3/h4-11H,2H2,1,3H3. The molecule has 4 nitrogen and oxygen atoms in total. The molecule has 0 radical (unpaired) electrons. The van der Waals surface area contributed by atoms with Crippen LogP contribution in [0.2, 0.25) is 0 Å². The number of ether oxygens (including phenoxy) is 3. The molecule has 2 rings (SSSR count). The number of benzene rings is 2. The van der Waals surface area contributed by atoms with E-state index in [1.54, 1.807) is 36.4 Å². The number of aryl methyl sites for hydroxylation is 1. The van der Waals surface area contributed by atoms with Gasteiger partial charge in [-0.25, -0.2) is 4.79 Å². The van der Waals surface area contributed by atoms with E-state index in [-0.39, 0.29) is 0 Å². The van der Waals surface area contributed by atoms with Gasteiger partial charge in [0.2, 0.25) is 0 Å². The van der Waals surface area contributed by atoms with Gasteiger partial charge in [-0.2, -0.15) is 0 Å². The summed E-state index contributed by atoms with van der Waals surface area (Å²) in [6.45, 7) is 5.61. The predicted octanol–water partition coefficient (Wildman–Crippen LogP) is 4.19. The minimum absolute atomic E-state index is 0.336. The summed E-state index contributed by atoms with van der Waals surface area (Å²) in [7, 11) is 1.50. The maximum atomic E-state index is 11.9. The highest BCUT2D eigenvalue weighted by molar-refractivity contribution is 5.72. The van der Waals surface area contributed by atoms with Crippen LogP contribution >= 0.6 is 0 Å². The van der Waals surface area contributed by atoms with Crippen molar-refractivity contribution in [1.29, 1.82) is 0 Å². The zero-order chi connectivity index (χ0) is 15.2. The fraction of sp³-hybridized carbons (Fsp3) is 0.118. The van der Waals surface area contributed by atoms with Gasteiger partial charge in [-0.05, 0) is 30.7 Å². The second-order valence-electron chi connectivity index (χ2n) is 4.34. The molecule has 0 saturated carbocycles. The molecule has 108 valence electrons. The molecule has 0 bridgehead atoms. The normalized spacial score (nSPS) is 9.81. The van der Waals surface area contributed by atoms with Gasteiger partial charge in [-0.15, -0.1) is 0 Å². The summed E-state index contributed by atoms with van der Waals surface area (Å²) in [6.07, 6.45) is -0.805. The van der Waals surface area contributed by atoms with Crippen LogP contribution in [0.1, 0.15) is 11.1 Å². The average molecular weight is 284 g/mol. The van der Waals surface area contributed by atoms with E-state index in [1.807, 2.05) is 19.1 Å². The zero-order valence-electron chi connectivity index (χ0n) is 12.0. The Morgan fingerprint density at radius 2 is 1.52 bits per heavy atom. The summed E-state index contributed by atoms with van der Waals surface area (Å²) in [5, 5.41) is 0. The molecule has 0 heterocycles. The van der Waals surface area contributed by atoms with E-state index in [4.69, 9.17) is 14.2 Å².